The molecular weight excluding hydrogens is 309 g/mol. The molecule has 0 fully saturated rings. The summed E-state index contributed by atoms with van der Waals surface area (Å²) in [5.41, 5.74) is 1.27. The number of benzene rings is 1. The number of rotatable bonds is 6. The highest BCUT2D eigenvalue weighted by Gasteiger charge is 2.09. The second kappa shape index (κ2) is 7.50. The van der Waals surface area contributed by atoms with Crippen LogP contribution in [0.15, 0.2) is 54.7 Å². The van der Waals surface area contributed by atoms with Gasteiger partial charge in [-0.1, -0.05) is 12.1 Å². The molecule has 2 heterocycles. The van der Waals surface area contributed by atoms with Crippen LogP contribution in [0.4, 0.5) is 4.39 Å². The molecule has 0 bridgehead atoms. The van der Waals surface area contributed by atoms with Crippen LogP contribution in [0.2, 0.25) is 0 Å². The second-order valence-electron chi connectivity index (χ2n) is 4.92. The Bertz CT molecular complexity index is 812. The van der Waals surface area contributed by atoms with Crippen LogP contribution in [0.5, 0.6) is 11.6 Å². The van der Waals surface area contributed by atoms with Gasteiger partial charge in [-0.15, -0.1) is 0 Å². The Hall–Kier alpha value is -3.02. The van der Waals surface area contributed by atoms with Crippen molar-refractivity contribution in [2.24, 2.45) is 0 Å². The van der Waals surface area contributed by atoms with Crippen LogP contribution in [0.3, 0.4) is 0 Å². The van der Waals surface area contributed by atoms with Gasteiger partial charge in [-0.2, -0.15) is 4.98 Å². The first kappa shape index (κ1) is 15.9. The number of nitrogens with zero attached hydrogens (tertiary/aromatic N) is 3. The Morgan fingerprint density at radius 2 is 1.92 bits per heavy atom. The molecule has 0 saturated heterocycles. The average Bonchev–Trinajstić information content (AvgIpc) is 2.61. The van der Waals surface area contributed by atoms with Crippen molar-refractivity contribution < 1.29 is 13.9 Å². The molecule has 1 aromatic carbocycles. The van der Waals surface area contributed by atoms with E-state index in [1.807, 2.05) is 25.1 Å². The molecule has 2 aromatic heterocycles. The second-order valence-corrected chi connectivity index (χ2v) is 4.92. The molecule has 0 radical (unpaired) electrons. The van der Waals surface area contributed by atoms with Gasteiger partial charge >= 0.3 is 0 Å². The molecular formula is C18H16FN3O2. The molecule has 0 aliphatic rings. The van der Waals surface area contributed by atoms with Crippen molar-refractivity contribution >= 4 is 0 Å². The fourth-order valence-corrected chi connectivity index (χ4v) is 2.09. The minimum Gasteiger partial charge on any atom is -0.487 e. The molecule has 0 unspecified atom stereocenters. The molecule has 0 atom stereocenters. The van der Waals surface area contributed by atoms with E-state index in [0.717, 1.165) is 0 Å². The first-order valence-corrected chi connectivity index (χ1v) is 7.55. The monoisotopic (exact) mass is 325 g/mol. The Labute approximate surface area is 139 Å². The van der Waals surface area contributed by atoms with Crippen LogP contribution < -0.4 is 9.47 Å². The topological polar surface area (TPSA) is 57.1 Å². The van der Waals surface area contributed by atoms with Gasteiger partial charge in [-0.05, 0) is 31.2 Å². The third-order valence-corrected chi connectivity index (χ3v) is 3.12. The van der Waals surface area contributed by atoms with E-state index >= 15 is 0 Å². The normalized spacial score (nSPS) is 10.4. The maximum Gasteiger partial charge on any atom is 0.217 e. The quantitative estimate of drug-likeness (QED) is 0.692. The summed E-state index contributed by atoms with van der Waals surface area (Å²) in [4.78, 5) is 13.1. The van der Waals surface area contributed by atoms with Crippen molar-refractivity contribution in [2.45, 2.75) is 13.5 Å². The number of hydrogen-bond donors (Lipinski definition) is 0. The largest absolute Gasteiger partial charge is 0.487 e. The minimum atomic E-state index is -0.348. The van der Waals surface area contributed by atoms with Gasteiger partial charge in [0.05, 0.1) is 12.3 Å². The number of ether oxygens (including phenoxy) is 2. The van der Waals surface area contributed by atoms with Crippen molar-refractivity contribution in [1.82, 2.24) is 15.0 Å². The minimum absolute atomic E-state index is 0.173. The molecule has 122 valence electrons. The van der Waals surface area contributed by atoms with Crippen molar-refractivity contribution in [3.63, 3.8) is 0 Å². The lowest BCUT2D eigenvalue weighted by molar-refractivity contribution is 0.294. The van der Waals surface area contributed by atoms with Gasteiger partial charge in [0.1, 0.15) is 23.9 Å². The molecule has 24 heavy (non-hydrogen) atoms. The zero-order valence-electron chi connectivity index (χ0n) is 13.1. The molecule has 3 aromatic rings. The van der Waals surface area contributed by atoms with Crippen molar-refractivity contribution in [2.75, 3.05) is 6.61 Å². The molecule has 5 nitrogen and oxygen atoms in total. The van der Waals surface area contributed by atoms with E-state index in [4.69, 9.17) is 9.47 Å². The lowest BCUT2D eigenvalue weighted by Crippen LogP contribution is -2.04. The summed E-state index contributed by atoms with van der Waals surface area (Å²) in [5.74, 6) is 0.996. The SMILES string of the molecule is CCOc1cc(COc2cccc(F)c2)nc(-c2ccccn2)n1. The maximum atomic E-state index is 13.2. The number of pyridine rings is 1. The van der Waals surface area contributed by atoms with Crippen LogP contribution in [0.25, 0.3) is 11.5 Å². The Kier molecular flexibility index (Phi) is 4.96. The number of halogens is 1. The Balaban J connectivity index is 1.85. The standard InChI is InChI=1S/C18H16FN3O2/c1-2-23-17-11-14(12-24-15-7-5-6-13(19)10-15)21-18(22-17)16-8-3-4-9-20-16/h3-11H,2,12H2,1H3. The van der Waals surface area contributed by atoms with E-state index in [0.29, 0.717) is 35.4 Å². The predicted molar refractivity (Wildman–Crippen MR) is 87.2 cm³/mol. The van der Waals surface area contributed by atoms with Crippen LogP contribution in [-0.4, -0.2) is 21.6 Å². The first-order chi connectivity index (χ1) is 11.7. The van der Waals surface area contributed by atoms with Crippen molar-refractivity contribution in [3.05, 3.63) is 66.2 Å². The highest BCUT2D eigenvalue weighted by atomic mass is 19.1. The van der Waals surface area contributed by atoms with Crippen LogP contribution in [0, 0.1) is 5.82 Å². The molecule has 0 aliphatic carbocycles. The Morgan fingerprint density at radius 3 is 2.67 bits per heavy atom. The smallest absolute Gasteiger partial charge is 0.217 e. The summed E-state index contributed by atoms with van der Waals surface area (Å²) < 4.78 is 24.3. The van der Waals surface area contributed by atoms with Gasteiger partial charge in [-0.3, -0.25) is 4.98 Å². The average molecular weight is 325 g/mol. The summed E-state index contributed by atoms with van der Waals surface area (Å²) >= 11 is 0. The maximum absolute atomic E-state index is 13.2. The number of aromatic nitrogens is 3. The zero-order valence-corrected chi connectivity index (χ0v) is 13.1. The van der Waals surface area contributed by atoms with Crippen LogP contribution in [0.1, 0.15) is 12.6 Å². The van der Waals surface area contributed by atoms with Gasteiger partial charge in [0.25, 0.3) is 0 Å². The molecule has 0 saturated carbocycles. The highest BCUT2D eigenvalue weighted by Crippen LogP contribution is 2.19. The van der Waals surface area contributed by atoms with Crippen molar-refractivity contribution in [3.8, 4) is 23.1 Å². The van der Waals surface area contributed by atoms with Gasteiger partial charge in [0.15, 0.2) is 5.82 Å². The van der Waals surface area contributed by atoms with Gasteiger partial charge < -0.3 is 9.47 Å². The fraction of sp³-hybridized carbons (Fsp3) is 0.167. The lowest BCUT2D eigenvalue weighted by Gasteiger charge is -2.09. The van der Waals surface area contributed by atoms with Gasteiger partial charge in [-0.25, -0.2) is 9.37 Å². The van der Waals surface area contributed by atoms with E-state index in [1.54, 1.807) is 24.4 Å². The van der Waals surface area contributed by atoms with E-state index in [9.17, 15) is 4.39 Å². The van der Waals surface area contributed by atoms with Crippen LogP contribution in [-0.2, 0) is 6.61 Å². The van der Waals surface area contributed by atoms with Crippen molar-refractivity contribution in [1.29, 1.82) is 0 Å². The molecule has 0 N–H and O–H groups in total. The van der Waals surface area contributed by atoms with E-state index < -0.39 is 0 Å². The van der Waals surface area contributed by atoms with Gasteiger partial charge in [0.2, 0.25) is 5.88 Å². The Morgan fingerprint density at radius 1 is 1.00 bits per heavy atom. The molecule has 3 rings (SSSR count). The van der Waals surface area contributed by atoms with E-state index in [-0.39, 0.29) is 12.4 Å². The fourth-order valence-electron chi connectivity index (χ4n) is 2.09. The van der Waals surface area contributed by atoms with Crippen LogP contribution >= 0.6 is 0 Å². The lowest BCUT2D eigenvalue weighted by atomic mass is 10.3. The summed E-state index contributed by atoms with van der Waals surface area (Å²) in [5, 5.41) is 0. The summed E-state index contributed by atoms with van der Waals surface area (Å²) in [6, 6.07) is 13.2. The predicted octanol–water partition coefficient (Wildman–Crippen LogP) is 3.66. The van der Waals surface area contributed by atoms with Gasteiger partial charge in [0, 0.05) is 18.3 Å². The third-order valence-electron chi connectivity index (χ3n) is 3.12. The highest BCUT2D eigenvalue weighted by molar-refractivity contribution is 5.49. The molecule has 6 heteroatoms. The summed E-state index contributed by atoms with van der Waals surface area (Å²) in [6.07, 6.45) is 1.68. The zero-order chi connectivity index (χ0) is 16.8. The summed E-state index contributed by atoms with van der Waals surface area (Å²) in [6.45, 7) is 2.54. The van der Waals surface area contributed by atoms with E-state index in [1.165, 1.54) is 12.1 Å². The summed E-state index contributed by atoms with van der Waals surface area (Å²) in [7, 11) is 0. The first-order valence-electron chi connectivity index (χ1n) is 7.55. The molecule has 0 amide bonds. The number of hydrogen-bond acceptors (Lipinski definition) is 5. The molecule has 0 spiro atoms. The third kappa shape index (κ3) is 4.04. The van der Waals surface area contributed by atoms with E-state index in [2.05, 4.69) is 15.0 Å². The molecule has 0 aliphatic heterocycles.